The van der Waals surface area contributed by atoms with Crippen LogP contribution in [0, 0.1) is 11.8 Å². The molecule has 0 aromatic rings. The van der Waals surface area contributed by atoms with Crippen LogP contribution < -0.4 is 5.73 Å². The first-order chi connectivity index (χ1) is 6.54. The van der Waals surface area contributed by atoms with Crippen molar-refractivity contribution in [3.8, 4) is 0 Å². The minimum Gasteiger partial charge on any atom is -0.385 e. The molecule has 0 fully saturated rings. The summed E-state index contributed by atoms with van der Waals surface area (Å²) < 4.78 is 10.4. The second-order valence-electron chi connectivity index (χ2n) is 4.28. The molecule has 0 heterocycles. The average molecular weight is 203 g/mol. The van der Waals surface area contributed by atoms with E-state index in [2.05, 4.69) is 20.8 Å². The zero-order chi connectivity index (χ0) is 11.1. The monoisotopic (exact) mass is 203 g/mol. The van der Waals surface area contributed by atoms with Gasteiger partial charge in [-0.15, -0.1) is 0 Å². The summed E-state index contributed by atoms with van der Waals surface area (Å²) in [6.07, 6.45) is 1.13. The zero-order valence-electron chi connectivity index (χ0n) is 10.1. The predicted molar refractivity (Wildman–Crippen MR) is 59.3 cm³/mol. The van der Waals surface area contributed by atoms with Crippen LogP contribution >= 0.6 is 0 Å². The Kier molecular flexibility index (Phi) is 7.15. The van der Waals surface area contributed by atoms with E-state index < -0.39 is 0 Å². The first-order valence-electron chi connectivity index (χ1n) is 5.31. The van der Waals surface area contributed by atoms with E-state index >= 15 is 0 Å². The number of methoxy groups -OCH3 is 2. The molecule has 0 aliphatic heterocycles. The van der Waals surface area contributed by atoms with Crippen LogP contribution in [-0.4, -0.2) is 33.0 Å². The Morgan fingerprint density at radius 3 is 2.07 bits per heavy atom. The predicted octanol–water partition coefficient (Wildman–Crippen LogP) is 1.66. The van der Waals surface area contributed by atoms with E-state index in [-0.39, 0.29) is 12.1 Å². The molecule has 14 heavy (non-hydrogen) atoms. The molecule has 3 nitrogen and oxygen atoms in total. The Morgan fingerprint density at radius 1 is 1.14 bits per heavy atom. The maximum Gasteiger partial charge on any atom is 0.0747 e. The van der Waals surface area contributed by atoms with Gasteiger partial charge in [-0.25, -0.2) is 0 Å². The molecule has 0 saturated heterocycles. The molecule has 0 spiro atoms. The lowest BCUT2D eigenvalue weighted by atomic mass is 9.89. The van der Waals surface area contributed by atoms with Crippen LogP contribution in [0.15, 0.2) is 0 Å². The van der Waals surface area contributed by atoms with E-state index in [0.717, 1.165) is 13.0 Å². The van der Waals surface area contributed by atoms with E-state index in [4.69, 9.17) is 15.2 Å². The van der Waals surface area contributed by atoms with E-state index in [1.807, 2.05) is 0 Å². The van der Waals surface area contributed by atoms with E-state index in [1.54, 1.807) is 14.2 Å². The Hall–Kier alpha value is -0.120. The quantitative estimate of drug-likeness (QED) is 0.684. The molecule has 0 aliphatic rings. The molecule has 0 aromatic heterocycles. The summed E-state index contributed by atoms with van der Waals surface area (Å²) in [5.41, 5.74) is 6.13. The van der Waals surface area contributed by atoms with E-state index in [1.165, 1.54) is 0 Å². The van der Waals surface area contributed by atoms with Crippen molar-refractivity contribution in [1.29, 1.82) is 0 Å². The van der Waals surface area contributed by atoms with Gasteiger partial charge in [-0.05, 0) is 18.3 Å². The highest BCUT2D eigenvalue weighted by Crippen LogP contribution is 2.17. The standard InChI is InChI=1S/C11H25NO2/c1-8(2)11(14-5)10(12)9(3)6-7-13-4/h8-11H,6-7,12H2,1-5H3. The normalized spacial score (nSPS) is 18.2. The van der Waals surface area contributed by atoms with Crippen LogP contribution in [0.2, 0.25) is 0 Å². The molecular weight excluding hydrogens is 178 g/mol. The average Bonchev–Trinajstić information content (AvgIpc) is 2.14. The van der Waals surface area contributed by atoms with Crippen molar-refractivity contribution in [3.63, 3.8) is 0 Å². The maximum atomic E-state index is 6.13. The van der Waals surface area contributed by atoms with Crippen LogP contribution in [-0.2, 0) is 9.47 Å². The van der Waals surface area contributed by atoms with Gasteiger partial charge in [0, 0.05) is 26.9 Å². The second kappa shape index (κ2) is 7.21. The van der Waals surface area contributed by atoms with Crippen LogP contribution in [0.5, 0.6) is 0 Å². The summed E-state index contributed by atoms with van der Waals surface area (Å²) in [6.45, 7) is 7.19. The Bertz CT molecular complexity index is 139. The number of rotatable bonds is 7. The molecule has 0 rings (SSSR count). The fourth-order valence-electron chi connectivity index (χ4n) is 1.69. The third-order valence-electron chi connectivity index (χ3n) is 2.74. The highest BCUT2D eigenvalue weighted by molar-refractivity contribution is 4.80. The van der Waals surface area contributed by atoms with Gasteiger partial charge in [0.1, 0.15) is 0 Å². The largest absolute Gasteiger partial charge is 0.385 e. The number of ether oxygens (including phenoxy) is 2. The van der Waals surface area contributed by atoms with Crippen molar-refractivity contribution >= 4 is 0 Å². The Morgan fingerprint density at radius 2 is 1.71 bits per heavy atom. The number of nitrogens with two attached hydrogens (primary N) is 1. The van der Waals surface area contributed by atoms with Gasteiger partial charge in [0.2, 0.25) is 0 Å². The molecule has 0 bridgehead atoms. The van der Waals surface area contributed by atoms with Crippen molar-refractivity contribution in [2.45, 2.75) is 39.3 Å². The minimum atomic E-state index is 0.0927. The molecule has 0 aliphatic carbocycles. The Labute approximate surface area is 88.0 Å². The van der Waals surface area contributed by atoms with Gasteiger partial charge in [-0.2, -0.15) is 0 Å². The molecule has 3 atom stereocenters. The van der Waals surface area contributed by atoms with Crippen molar-refractivity contribution in [1.82, 2.24) is 0 Å². The van der Waals surface area contributed by atoms with Crippen LogP contribution in [0.25, 0.3) is 0 Å². The summed E-state index contributed by atoms with van der Waals surface area (Å²) in [6, 6.07) is 0.0927. The number of hydrogen-bond acceptors (Lipinski definition) is 3. The van der Waals surface area contributed by atoms with Crippen molar-refractivity contribution in [2.75, 3.05) is 20.8 Å². The SMILES string of the molecule is COCCC(C)C(N)C(OC)C(C)C. The molecule has 0 amide bonds. The van der Waals surface area contributed by atoms with Crippen LogP contribution in [0.3, 0.4) is 0 Å². The molecule has 0 saturated carbocycles. The first kappa shape index (κ1) is 13.9. The van der Waals surface area contributed by atoms with Gasteiger partial charge in [0.05, 0.1) is 6.10 Å². The summed E-state index contributed by atoms with van der Waals surface area (Å²) in [7, 11) is 3.45. The lowest BCUT2D eigenvalue weighted by molar-refractivity contribution is 0.0250. The van der Waals surface area contributed by atoms with E-state index in [9.17, 15) is 0 Å². The molecule has 0 radical (unpaired) electrons. The van der Waals surface area contributed by atoms with Gasteiger partial charge in [0.15, 0.2) is 0 Å². The van der Waals surface area contributed by atoms with E-state index in [0.29, 0.717) is 11.8 Å². The van der Waals surface area contributed by atoms with Crippen LogP contribution in [0.4, 0.5) is 0 Å². The highest BCUT2D eigenvalue weighted by atomic mass is 16.5. The topological polar surface area (TPSA) is 44.5 Å². The summed E-state index contributed by atoms with van der Waals surface area (Å²) in [4.78, 5) is 0. The fourth-order valence-corrected chi connectivity index (χ4v) is 1.69. The van der Waals surface area contributed by atoms with Crippen molar-refractivity contribution in [2.24, 2.45) is 17.6 Å². The lowest BCUT2D eigenvalue weighted by Gasteiger charge is -2.30. The van der Waals surface area contributed by atoms with Crippen molar-refractivity contribution < 1.29 is 9.47 Å². The fraction of sp³-hybridized carbons (Fsp3) is 1.00. The first-order valence-corrected chi connectivity index (χ1v) is 5.31. The molecular formula is C11H25NO2. The third kappa shape index (κ3) is 4.40. The second-order valence-corrected chi connectivity index (χ2v) is 4.28. The maximum absolute atomic E-state index is 6.13. The zero-order valence-corrected chi connectivity index (χ0v) is 10.1. The molecule has 86 valence electrons. The smallest absolute Gasteiger partial charge is 0.0747 e. The highest BCUT2D eigenvalue weighted by Gasteiger charge is 2.25. The number of hydrogen-bond donors (Lipinski definition) is 1. The molecule has 2 N–H and O–H groups in total. The van der Waals surface area contributed by atoms with Crippen LogP contribution in [0.1, 0.15) is 27.2 Å². The van der Waals surface area contributed by atoms with Gasteiger partial charge in [-0.3, -0.25) is 0 Å². The lowest BCUT2D eigenvalue weighted by Crippen LogP contribution is -2.44. The van der Waals surface area contributed by atoms with Gasteiger partial charge in [-0.1, -0.05) is 20.8 Å². The molecule has 3 unspecified atom stereocenters. The minimum absolute atomic E-state index is 0.0927. The molecule has 0 aromatic carbocycles. The summed E-state index contributed by atoms with van der Waals surface area (Å²) >= 11 is 0. The van der Waals surface area contributed by atoms with Gasteiger partial charge >= 0.3 is 0 Å². The summed E-state index contributed by atoms with van der Waals surface area (Å²) in [5.74, 6) is 0.891. The van der Waals surface area contributed by atoms with Crippen molar-refractivity contribution in [3.05, 3.63) is 0 Å². The summed E-state index contributed by atoms with van der Waals surface area (Å²) in [5, 5.41) is 0. The Balaban J connectivity index is 4.05. The third-order valence-corrected chi connectivity index (χ3v) is 2.74. The molecule has 3 heteroatoms. The van der Waals surface area contributed by atoms with Gasteiger partial charge < -0.3 is 15.2 Å². The van der Waals surface area contributed by atoms with Gasteiger partial charge in [0.25, 0.3) is 0 Å².